The van der Waals surface area contributed by atoms with E-state index in [0.29, 0.717) is 0 Å². The van der Waals surface area contributed by atoms with E-state index >= 15 is 0 Å². The van der Waals surface area contributed by atoms with Crippen LogP contribution in [0.5, 0.6) is 0 Å². The van der Waals surface area contributed by atoms with E-state index in [1.165, 1.54) is 30.6 Å². The molecule has 0 fully saturated rings. The Bertz CT molecular complexity index is 273. The first-order chi connectivity index (χ1) is 5.77. The number of fused-ring (bicyclic) bond motifs is 1. The second-order valence-corrected chi connectivity index (χ2v) is 5.22. The molecule has 1 aliphatic carbocycles. The highest BCUT2D eigenvalue weighted by Gasteiger charge is 2.16. The van der Waals surface area contributed by atoms with Crippen molar-refractivity contribution in [3.8, 4) is 0 Å². The van der Waals surface area contributed by atoms with Gasteiger partial charge in [0, 0.05) is 9.75 Å². The average Bonchev–Trinajstić information content (AvgIpc) is 2.33. The monoisotopic (exact) mass is 180 g/mol. The molecule has 0 saturated heterocycles. The smallest absolute Gasteiger partial charge is 0.00827 e. The van der Waals surface area contributed by atoms with Crippen molar-refractivity contribution in [2.75, 3.05) is 0 Å². The summed E-state index contributed by atoms with van der Waals surface area (Å²) in [6, 6.07) is 2.40. The second-order valence-electron chi connectivity index (χ2n) is 3.88. The Morgan fingerprint density at radius 3 is 3.08 bits per heavy atom. The van der Waals surface area contributed by atoms with Gasteiger partial charge < -0.3 is 0 Å². The first-order valence-electron chi connectivity index (χ1n) is 4.86. The van der Waals surface area contributed by atoms with Crippen LogP contribution in [-0.2, 0) is 6.42 Å². The Balaban J connectivity index is 2.38. The van der Waals surface area contributed by atoms with Crippen molar-refractivity contribution in [3.63, 3.8) is 0 Å². The topological polar surface area (TPSA) is 0 Å². The lowest BCUT2D eigenvalue weighted by Gasteiger charge is -2.06. The highest BCUT2D eigenvalue weighted by Crippen LogP contribution is 2.35. The Hall–Kier alpha value is -0.300. The lowest BCUT2D eigenvalue weighted by molar-refractivity contribution is 0.635. The third-order valence-corrected chi connectivity index (χ3v) is 3.91. The maximum absolute atomic E-state index is 2.40. The van der Waals surface area contributed by atoms with Crippen LogP contribution in [0, 0.1) is 6.92 Å². The molecular weight excluding hydrogens is 164 g/mol. The molecule has 0 bridgehead atoms. The summed E-state index contributed by atoms with van der Waals surface area (Å²) in [5.41, 5.74) is 1.65. The molecule has 0 spiro atoms. The SMILES string of the molecule is Cc1cc2c(s1)CCCCC2C. The van der Waals surface area contributed by atoms with Crippen molar-refractivity contribution in [2.45, 2.75) is 45.4 Å². The number of aryl methyl sites for hydroxylation is 2. The van der Waals surface area contributed by atoms with Crippen LogP contribution in [0.1, 0.15) is 47.4 Å². The van der Waals surface area contributed by atoms with Crippen molar-refractivity contribution in [1.29, 1.82) is 0 Å². The van der Waals surface area contributed by atoms with E-state index in [-0.39, 0.29) is 0 Å². The molecule has 0 radical (unpaired) electrons. The first-order valence-corrected chi connectivity index (χ1v) is 5.68. The van der Waals surface area contributed by atoms with Gasteiger partial charge >= 0.3 is 0 Å². The van der Waals surface area contributed by atoms with Gasteiger partial charge in [0.15, 0.2) is 0 Å². The van der Waals surface area contributed by atoms with Gasteiger partial charge in [-0.2, -0.15) is 0 Å². The van der Waals surface area contributed by atoms with Gasteiger partial charge in [-0.25, -0.2) is 0 Å². The molecular formula is C11H16S. The van der Waals surface area contributed by atoms with Gasteiger partial charge in [-0.3, -0.25) is 0 Å². The van der Waals surface area contributed by atoms with E-state index in [9.17, 15) is 0 Å². The summed E-state index contributed by atoms with van der Waals surface area (Å²) in [5.74, 6) is 0.812. The molecule has 1 heteroatoms. The summed E-state index contributed by atoms with van der Waals surface area (Å²) >= 11 is 2.01. The summed E-state index contributed by atoms with van der Waals surface area (Å²) < 4.78 is 0. The molecule has 0 amide bonds. The minimum atomic E-state index is 0.812. The van der Waals surface area contributed by atoms with E-state index in [1.54, 1.807) is 10.4 Å². The molecule has 0 nitrogen and oxygen atoms in total. The van der Waals surface area contributed by atoms with Crippen LogP contribution >= 0.6 is 11.3 Å². The van der Waals surface area contributed by atoms with Crippen molar-refractivity contribution >= 4 is 11.3 Å². The summed E-state index contributed by atoms with van der Waals surface area (Å²) in [4.78, 5) is 3.16. The van der Waals surface area contributed by atoms with E-state index in [1.807, 2.05) is 11.3 Å². The maximum atomic E-state index is 2.40. The van der Waals surface area contributed by atoms with Gasteiger partial charge in [0.2, 0.25) is 0 Å². The molecule has 66 valence electrons. The molecule has 1 atom stereocenters. The third kappa shape index (κ3) is 1.42. The highest BCUT2D eigenvalue weighted by atomic mass is 32.1. The molecule has 1 aromatic rings. The van der Waals surface area contributed by atoms with Gasteiger partial charge in [-0.15, -0.1) is 11.3 Å². The van der Waals surface area contributed by atoms with Gasteiger partial charge in [-0.1, -0.05) is 13.3 Å². The van der Waals surface area contributed by atoms with Crippen molar-refractivity contribution < 1.29 is 0 Å². The van der Waals surface area contributed by atoms with Crippen molar-refractivity contribution in [1.82, 2.24) is 0 Å². The number of thiophene rings is 1. The lowest BCUT2D eigenvalue weighted by Crippen LogP contribution is -1.89. The normalized spacial score (nSPS) is 23.3. The van der Waals surface area contributed by atoms with Crippen LogP contribution < -0.4 is 0 Å². The van der Waals surface area contributed by atoms with Gasteiger partial charge in [0.1, 0.15) is 0 Å². The van der Waals surface area contributed by atoms with Crippen LogP contribution in [0.4, 0.5) is 0 Å². The first kappa shape index (κ1) is 8.31. The van der Waals surface area contributed by atoms with Crippen LogP contribution in [0.3, 0.4) is 0 Å². The summed E-state index contributed by atoms with van der Waals surface area (Å²) in [7, 11) is 0. The molecule has 12 heavy (non-hydrogen) atoms. The van der Waals surface area contributed by atoms with Gasteiger partial charge in [-0.05, 0) is 43.7 Å². The fourth-order valence-corrected chi connectivity index (χ4v) is 3.29. The van der Waals surface area contributed by atoms with E-state index in [0.717, 1.165) is 5.92 Å². The standard InChI is InChI=1S/C11H16S/c1-8-5-3-4-6-11-10(8)7-9(2)12-11/h7-8H,3-6H2,1-2H3. The summed E-state index contributed by atoms with van der Waals surface area (Å²) in [6.07, 6.45) is 5.54. The Morgan fingerprint density at radius 2 is 2.25 bits per heavy atom. The summed E-state index contributed by atoms with van der Waals surface area (Å²) in [6.45, 7) is 4.60. The quantitative estimate of drug-likeness (QED) is 0.531. The van der Waals surface area contributed by atoms with E-state index < -0.39 is 0 Å². The Labute approximate surface area is 78.6 Å². The Morgan fingerprint density at radius 1 is 1.42 bits per heavy atom. The van der Waals surface area contributed by atoms with Crippen molar-refractivity contribution in [2.24, 2.45) is 0 Å². The molecule has 0 aliphatic heterocycles. The number of hydrogen-bond donors (Lipinski definition) is 0. The molecule has 0 N–H and O–H groups in total. The average molecular weight is 180 g/mol. The molecule has 0 aromatic carbocycles. The zero-order valence-corrected chi connectivity index (χ0v) is 8.71. The van der Waals surface area contributed by atoms with Crippen LogP contribution in [0.15, 0.2) is 6.07 Å². The number of rotatable bonds is 0. The zero-order chi connectivity index (χ0) is 8.55. The number of hydrogen-bond acceptors (Lipinski definition) is 1. The maximum Gasteiger partial charge on any atom is 0.00827 e. The minimum Gasteiger partial charge on any atom is -0.145 e. The molecule has 1 unspecified atom stereocenters. The van der Waals surface area contributed by atoms with Crippen molar-refractivity contribution in [3.05, 3.63) is 21.4 Å². The van der Waals surface area contributed by atoms with E-state index in [2.05, 4.69) is 19.9 Å². The third-order valence-electron chi connectivity index (χ3n) is 2.79. The van der Waals surface area contributed by atoms with Gasteiger partial charge in [0.05, 0.1) is 0 Å². The molecule has 0 saturated carbocycles. The summed E-state index contributed by atoms with van der Waals surface area (Å²) in [5, 5.41) is 0. The molecule has 1 aliphatic rings. The lowest BCUT2D eigenvalue weighted by atomic mass is 9.99. The Kier molecular flexibility index (Phi) is 2.22. The largest absolute Gasteiger partial charge is 0.145 e. The molecule has 2 rings (SSSR count). The minimum absolute atomic E-state index is 0.812. The predicted octanol–water partition coefficient (Wildman–Crippen LogP) is 3.89. The highest BCUT2D eigenvalue weighted by molar-refractivity contribution is 7.12. The fraction of sp³-hybridized carbons (Fsp3) is 0.636. The van der Waals surface area contributed by atoms with Crippen LogP contribution in [-0.4, -0.2) is 0 Å². The predicted molar refractivity (Wildman–Crippen MR) is 55.0 cm³/mol. The van der Waals surface area contributed by atoms with Crippen LogP contribution in [0.2, 0.25) is 0 Å². The molecule has 1 aromatic heterocycles. The van der Waals surface area contributed by atoms with E-state index in [4.69, 9.17) is 0 Å². The second kappa shape index (κ2) is 3.21. The van der Waals surface area contributed by atoms with Gasteiger partial charge in [0.25, 0.3) is 0 Å². The molecule has 1 heterocycles. The fourth-order valence-electron chi connectivity index (χ4n) is 2.09. The van der Waals surface area contributed by atoms with Crippen LogP contribution in [0.25, 0.3) is 0 Å². The zero-order valence-electron chi connectivity index (χ0n) is 7.89.